The maximum absolute atomic E-state index is 10.9. The maximum atomic E-state index is 10.9. The summed E-state index contributed by atoms with van der Waals surface area (Å²) in [7, 11) is 0. The van der Waals surface area contributed by atoms with Gasteiger partial charge in [0.15, 0.2) is 0 Å². The van der Waals surface area contributed by atoms with Crippen LogP contribution in [0.2, 0.25) is 0 Å². The molecule has 1 N–H and O–H groups in total. The third-order valence-corrected chi connectivity index (χ3v) is 4.49. The van der Waals surface area contributed by atoms with Crippen LogP contribution in [0, 0.1) is 6.92 Å². The predicted octanol–water partition coefficient (Wildman–Crippen LogP) is 4.42. The number of thiazole rings is 1. The Morgan fingerprint density at radius 1 is 1.04 bits per heavy atom. The number of aryl methyl sites for hydroxylation is 1. The summed E-state index contributed by atoms with van der Waals surface area (Å²) in [5.74, 6) is -0.0173. The van der Waals surface area contributed by atoms with Crippen molar-refractivity contribution in [1.29, 1.82) is 0 Å². The van der Waals surface area contributed by atoms with E-state index in [1.165, 1.54) is 12.5 Å². The van der Waals surface area contributed by atoms with E-state index in [1.807, 2.05) is 24.3 Å². The SMILES string of the molecule is CC(=O)NCc1ccc(-c2csc(-c3ccc(C)cc3)n2)cc1. The molecule has 0 fully saturated rings. The predicted molar refractivity (Wildman–Crippen MR) is 95.2 cm³/mol. The van der Waals surface area contributed by atoms with E-state index in [9.17, 15) is 4.79 Å². The monoisotopic (exact) mass is 322 g/mol. The lowest BCUT2D eigenvalue weighted by Crippen LogP contribution is -2.18. The summed E-state index contributed by atoms with van der Waals surface area (Å²) >= 11 is 1.65. The Labute approximate surface area is 140 Å². The van der Waals surface area contributed by atoms with Gasteiger partial charge in [-0.2, -0.15) is 0 Å². The highest BCUT2D eigenvalue weighted by Gasteiger charge is 2.06. The Bertz CT molecular complexity index is 804. The zero-order chi connectivity index (χ0) is 16.2. The molecule has 4 heteroatoms. The van der Waals surface area contributed by atoms with Crippen LogP contribution in [0.25, 0.3) is 21.8 Å². The van der Waals surface area contributed by atoms with Gasteiger partial charge in [-0.25, -0.2) is 4.98 Å². The normalized spacial score (nSPS) is 10.5. The zero-order valence-electron chi connectivity index (χ0n) is 13.2. The van der Waals surface area contributed by atoms with Crippen molar-refractivity contribution >= 4 is 17.2 Å². The molecule has 2 aromatic carbocycles. The van der Waals surface area contributed by atoms with E-state index < -0.39 is 0 Å². The average molecular weight is 322 g/mol. The van der Waals surface area contributed by atoms with Gasteiger partial charge in [-0.05, 0) is 12.5 Å². The van der Waals surface area contributed by atoms with Gasteiger partial charge in [0, 0.05) is 30.0 Å². The van der Waals surface area contributed by atoms with E-state index in [4.69, 9.17) is 4.98 Å². The Hall–Kier alpha value is -2.46. The maximum Gasteiger partial charge on any atom is 0.217 e. The molecule has 0 radical (unpaired) electrons. The molecule has 0 saturated carbocycles. The topological polar surface area (TPSA) is 42.0 Å². The number of rotatable bonds is 4. The number of aromatic nitrogens is 1. The second kappa shape index (κ2) is 6.75. The van der Waals surface area contributed by atoms with Crippen molar-refractivity contribution in [2.24, 2.45) is 0 Å². The number of carbonyl (C=O) groups is 1. The van der Waals surface area contributed by atoms with Gasteiger partial charge in [-0.1, -0.05) is 54.1 Å². The van der Waals surface area contributed by atoms with Crippen molar-refractivity contribution < 1.29 is 4.79 Å². The number of hydrogen-bond acceptors (Lipinski definition) is 3. The molecular weight excluding hydrogens is 304 g/mol. The minimum atomic E-state index is -0.0173. The van der Waals surface area contributed by atoms with Crippen LogP contribution in [-0.4, -0.2) is 10.9 Å². The van der Waals surface area contributed by atoms with Crippen LogP contribution in [0.4, 0.5) is 0 Å². The van der Waals surface area contributed by atoms with E-state index in [0.29, 0.717) is 6.54 Å². The minimum Gasteiger partial charge on any atom is -0.352 e. The molecule has 0 spiro atoms. The molecule has 3 nitrogen and oxygen atoms in total. The highest BCUT2D eigenvalue weighted by molar-refractivity contribution is 7.13. The summed E-state index contributed by atoms with van der Waals surface area (Å²) in [4.78, 5) is 15.7. The largest absolute Gasteiger partial charge is 0.352 e. The summed E-state index contributed by atoms with van der Waals surface area (Å²) in [6.07, 6.45) is 0. The van der Waals surface area contributed by atoms with Crippen molar-refractivity contribution in [2.45, 2.75) is 20.4 Å². The number of benzene rings is 2. The fourth-order valence-electron chi connectivity index (χ4n) is 2.25. The van der Waals surface area contributed by atoms with Crippen molar-refractivity contribution in [3.63, 3.8) is 0 Å². The molecule has 23 heavy (non-hydrogen) atoms. The van der Waals surface area contributed by atoms with Crippen molar-refractivity contribution in [1.82, 2.24) is 10.3 Å². The highest BCUT2D eigenvalue weighted by atomic mass is 32.1. The molecule has 116 valence electrons. The van der Waals surface area contributed by atoms with Crippen molar-refractivity contribution in [3.05, 3.63) is 65.0 Å². The number of nitrogens with zero attached hydrogens (tertiary/aromatic N) is 1. The first-order valence-electron chi connectivity index (χ1n) is 7.48. The van der Waals surface area contributed by atoms with Gasteiger partial charge in [0.2, 0.25) is 5.91 Å². The molecule has 1 heterocycles. The number of hydrogen-bond donors (Lipinski definition) is 1. The van der Waals surface area contributed by atoms with Gasteiger partial charge >= 0.3 is 0 Å². The third kappa shape index (κ3) is 3.85. The molecule has 0 bridgehead atoms. The second-order valence-electron chi connectivity index (χ2n) is 5.51. The number of amides is 1. The smallest absolute Gasteiger partial charge is 0.217 e. The first-order valence-corrected chi connectivity index (χ1v) is 8.36. The van der Waals surface area contributed by atoms with Gasteiger partial charge in [0.05, 0.1) is 5.69 Å². The van der Waals surface area contributed by atoms with Gasteiger partial charge in [0.1, 0.15) is 5.01 Å². The summed E-state index contributed by atoms with van der Waals surface area (Å²) < 4.78 is 0. The summed E-state index contributed by atoms with van der Waals surface area (Å²) in [5, 5.41) is 5.91. The first kappa shape index (κ1) is 15.4. The van der Waals surface area contributed by atoms with Gasteiger partial charge < -0.3 is 5.32 Å². The van der Waals surface area contributed by atoms with Crippen LogP contribution in [0.15, 0.2) is 53.9 Å². The van der Waals surface area contributed by atoms with Crippen LogP contribution in [-0.2, 0) is 11.3 Å². The third-order valence-electron chi connectivity index (χ3n) is 3.59. The van der Waals surface area contributed by atoms with Crippen molar-refractivity contribution in [2.75, 3.05) is 0 Å². The van der Waals surface area contributed by atoms with Gasteiger partial charge in [0.25, 0.3) is 0 Å². The standard InChI is InChI=1S/C19H18N2OS/c1-13-3-7-17(8-4-13)19-21-18(12-23-19)16-9-5-15(6-10-16)11-20-14(2)22/h3-10,12H,11H2,1-2H3,(H,20,22). The zero-order valence-corrected chi connectivity index (χ0v) is 14.0. The average Bonchev–Trinajstić information content (AvgIpc) is 3.04. The lowest BCUT2D eigenvalue weighted by atomic mass is 10.1. The fourth-order valence-corrected chi connectivity index (χ4v) is 3.09. The first-order chi connectivity index (χ1) is 11.1. The molecular formula is C19H18N2OS. The molecule has 0 saturated heterocycles. The molecule has 0 atom stereocenters. The Morgan fingerprint density at radius 3 is 2.35 bits per heavy atom. The van der Waals surface area contributed by atoms with Crippen LogP contribution in [0.3, 0.4) is 0 Å². The van der Waals surface area contributed by atoms with Crippen LogP contribution >= 0.6 is 11.3 Å². The molecule has 0 aliphatic carbocycles. The second-order valence-corrected chi connectivity index (χ2v) is 6.37. The quantitative estimate of drug-likeness (QED) is 0.772. The fraction of sp³-hybridized carbons (Fsp3) is 0.158. The highest BCUT2D eigenvalue weighted by Crippen LogP contribution is 2.29. The lowest BCUT2D eigenvalue weighted by molar-refractivity contribution is -0.119. The van der Waals surface area contributed by atoms with Crippen molar-refractivity contribution in [3.8, 4) is 21.8 Å². The van der Waals surface area contributed by atoms with E-state index in [0.717, 1.165) is 27.4 Å². The Kier molecular flexibility index (Phi) is 4.53. The van der Waals surface area contributed by atoms with E-state index in [-0.39, 0.29) is 5.91 Å². The van der Waals surface area contributed by atoms with Crippen LogP contribution in [0.1, 0.15) is 18.1 Å². The molecule has 3 aromatic rings. The molecule has 1 amide bonds. The minimum absolute atomic E-state index is 0.0173. The molecule has 3 rings (SSSR count). The summed E-state index contributed by atoms with van der Waals surface area (Å²) in [6, 6.07) is 16.6. The lowest BCUT2D eigenvalue weighted by Gasteiger charge is -2.03. The number of carbonyl (C=O) groups excluding carboxylic acids is 1. The molecule has 1 aromatic heterocycles. The summed E-state index contributed by atoms with van der Waals surface area (Å²) in [5.41, 5.74) is 5.55. The van der Waals surface area contributed by atoms with Crippen LogP contribution < -0.4 is 5.32 Å². The van der Waals surface area contributed by atoms with E-state index >= 15 is 0 Å². The molecule has 0 aliphatic rings. The van der Waals surface area contributed by atoms with Gasteiger partial charge in [-0.3, -0.25) is 4.79 Å². The van der Waals surface area contributed by atoms with E-state index in [1.54, 1.807) is 11.3 Å². The van der Waals surface area contributed by atoms with Gasteiger partial charge in [-0.15, -0.1) is 11.3 Å². The Morgan fingerprint density at radius 2 is 1.70 bits per heavy atom. The molecule has 0 unspecified atom stereocenters. The summed E-state index contributed by atoms with van der Waals surface area (Å²) in [6.45, 7) is 4.16. The van der Waals surface area contributed by atoms with Crippen LogP contribution in [0.5, 0.6) is 0 Å². The Balaban J connectivity index is 1.77. The molecule has 0 aliphatic heterocycles. The van der Waals surface area contributed by atoms with E-state index in [2.05, 4.69) is 41.9 Å². The number of nitrogens with one attached hydrogen (secondary N) is 1.